The number of rotatable bonds is 5. The van der Waals surface area contributed by atoms with Crippen molar-refractivity contribution in [2.24, 2.45) is 0 Å². The van der Waals surface area contributed by atoms with Crippen molar-refractivity contribution in [1.82, 2.24) is 14.8 Å². The number of ether oxygens (including phenoxy) is 2. The van der Waals surface area contributed by atoms with Crippen LogP contribution in [0.4, 0.5) is 0 Å². The third-order valence-electron chi connectivity index (χ3n) is 4.61. The van der Waals surface area contributed by atoms with Crippen molar-refractivity contribution in [3.63, 3.8) is 0 Å². The average molecular weight is 305 g/mol. The second-order valence-electron chi connectivity index (χ2n) is 6.24. The van der Waals surface area contributed by atoms with Crippen LogP contribution in [-0.2, 0) is 16.0 Å². The number of aromatic nitrogens is 1. The van der Waals surface area contributed by atoms with Gasteiger partial charge in [-0.1, -0.05) is 6.07 Å². The van der Waals surface area contributed by atoms with Crippen LogP contribution in [0.2, 0.25) is 0 Å². The van der Waals surface area contributed by atoms with Crippen molar-refractivity contribution in [2.45, 2.75) is 26.0 Å². The summed E-state index contributed by atoms with van der Waals surface area (Å²) < 4.78 is 11.2. The zero-order chi connectivity index (χ0) is 15.2. The summed E-state index contributed by atoms with van der Waals surface area (Å²) in [6.45, 7) is 11.0. The smallest absolute Gasteiger partial charge is 0.0821 e. The van der Waals surface area contributed by atoms with Gasteiger partial charge < -0.3 is 14.4 Å². The Balaban J connectivity index is 1.38. The van der Waals surface area contributed by atoms with Crippen LogP contribution in [0.25, 0.3) is 0 Å². The standard InChI is InChI=1S/C17H27N3O2/c1-15-3-2-5-18-17(15)13-20-9-7-19(8-10-20)6-4-16-14-21-11-12-22-16/h2-3,5,16H,4,6-14H2,1H3. The summed E-state index contributed by atoms with van der Waals surface area (Å²) >= 11 is 0. The van der Waals surface area contributed by atoms with E-state index in [1.165, 1.54) is 11.3 Å². The highest BCUT2D eigenvalue weighted by Gasteiger charge is 2.20. The number of hydrogen-bond acceptors (Lipinski definition) is 5. The number of piperazine rings is 1. The summed E-state index contributed by atoms with van der Waals surface area (Å²) in [5, 5.41) is 0. The minimum absolute atomic E-state index is 0.294. The minimum Gasteiger partial charge on any atom is -0.376 e. The maximum Gasteiger partial charge on any atom is 0.0821 e. The lowest BCUT2D eigenvalue weighted by Gasteiger charge is -2.35. The van der Waals surface area contributed by atoms with Crippen molar-refractivity contribution in [3.8, 4) is 0 Å². The van der Waals surface area contributed by atoms with Gasteiger partial charge in [0.05, 0.1) is 31.6 Å². The molecule has 0 bridgehead atoms. The first-order valence-corrected chi connectivity index (χ1v) is 8.36. The molecule has 1 aromatic rings. The Hall–Kier alpha value is -1.01. The van der Waals surface area contributed by atoms with Gasteiger partial charge in [0.15, 0.2) is 0 Å². The van der Waals surface area contributed by atoms with Gasteiger partial charge in [-0.05, 0) is 25.0 Å². The first-order chi connectivity index (χ1) is 10.8. The molecule has 5 heteroatoms. The van der Waals surface area contributed by atoms with Crippen LogP contribution in [0, 0.1) is 6.92 Å². The van der Waals surface area contributed by atoms with Crippen LogP contribution in [-0.4, -0.2) is 73.4 Å². The molecule has 0 saturated carbocycles. The Labute approximate surface area is 133 Å². The van der Waals surface area contributed by atoms with Gasteiger partial charge in [0.2, 0.25) is 0 Å². The molecule has 2 fully saturated rings. The molecule has 0 spiro atoms. The maximum atomic E-state index is 5.71. The van der Waals surface area contributed by atoms with E-state index in [0.717, 1.165) is 65.5 Å². The maximum absolute atomic E-state index is 5.71. The van der Waals surface area contributed by atoms with Gasteiger partial charge in [0.1, 0.15) is 0 Å². The molecule has 2 aliphatic rings. The molecule has 22 heavy (non-hydrogen) atoms. The predicted molar refractivity (Wildman–Crippen MR) is 85.9 cm³/mol. The van der Waals surface area contributed by atoms with Gasteiger partial charge in [0, 0.05) is 45.5 Å². The molecule has 2 saturated heterocycles. The fourth-order valence-electron chi connectivity index (χ4n) is 3.10. The molecule has 1 atom stereocenters. The molecule has 0 aliphatic carbocycles. The Morgan fingerprint density at radius 2 is 2.00 bits per heavy atom. The lowest BCUT2D eigenvalue weighted by molar-refractivity contribution is -0.0933. The summed E-state index contributed by atoms with van der Waals surface area (Å²) in [4.78, 5) is 9.55. The molecule has 0 radical (unpaired) electrons. The van der Waals surface area contributed by atoms with E-state index in [0.29, 0.717) is 6.10 Å². The highest BCUT2D eigenvalue weighted by atomic mass is 16.6. The molecule has 0 aromatic carbocycles. The lowest BCUT2D eigenvalue weighted by atomic mass is 10.2. The molecular weight excluding hydrogens is 278 g/mol. The number of pyridine rings is 1. The van der Waals surface area contributed by atoms with E-state index in [1.807, 2.05) is 12.3 Å². The van der Waals surface area contributed by atoms with E-state index in [1.54, 1.807) is 0 Å². The SMILES string of the molecule is Cc1cccnc1CN1CCN(CCC2COCCO2)CC1. The molecule has 1 unspecified atom stereocenters. The van der Waals surface area contributed by atoms with Crippen molar-refractivity contribution in [2.75, 3.05) is 52.5 Å². The Kier molecular flexibility index (Phi) is 5.78. The molecule has 5 nitrogen and oxygen atoms in total. The molecule has 3 heterocycles. The van der Waals surface area contributed by atoms with Crippen molar-refractivity contribution < 1.29 is 9.47 Å². The normalized spacial score (nSPS) is 24.5. The topological polar surface area (TPSA) is 37.8 Å². The molecule has 3 rings (SSSR count). The molecule has 0 amide bonds. The Morgan fingerprint density at radius 3 is 2.73 bits per heavy atom. The van der Waals surface area contributed by atoms with E-state index >= 15 is 0 Å². The number of nitrogens with zero attached hydrogens (tertiary/aromatic N) is 3. The van der Waals surface area contributed by atoms with Gasteiger partial charge in [-0.25, -0.2) is 0 Å². The van der Waals surface area contributed by atoms with E-state index in [9.17, 15) is 0 Å². The highest BCUT2D eigenvalue weighted by Crippen LogP contribution is 2.12. The molecule has 0 N–H and O–H groups in total. The summed E-state index contributed by atoms with van der Waals surface area (Å²) in [7, 11) is 0. The van der Waals surface area contributed by atoms with E-state index < -0.39 is 0 Å². The third-order valence-corrected chi connectivity index (χ3v) is 4.61. The van der Waals surface area contributed by atoms with Gasteiger partial charge in [-0.2, -0.15) is 0 Å². The second kappa shape index (κ2) is 8.02. The second-order valence-corrected chi connectivity index (χ2v) is 6.24. The zero-order valence-electron chi connectivity index (χ0n) is 13.5. The van der Waals surface area contributed by atoms with E-state index in [-0.39, 0.29) is 0 Å². The summed E-state index contributed by atoms with van der Waals surface area (Å²) in [6.07, 6.45) is 3.27. The quantitative estimate of drug-likeness (QED) is 0.820. The van der Waals surface area contributed by atoms with Crippen LogP contribution in [0.15, 0.2) is 18.3 Å². The van der Waals surface area contributed by atoms with E-state index in [2.05, 4.69) is 27.8 Å². The summed E-state index contributed by atoms with van der Waals surface area (Å²) in [6, 6.07) is 4.15. The van der Waals surface area contributed by atoms with Gasteiger partial charge >= 0.3 is 0 Å². The van der Waals surface area contributed by atoms with Crippen LogP contribution in [0.1, 0.15) is 17.7 Å². The first kappa shape index (κ1) is 15.9. The predicted octanol–water partition coefficient (Wildman–Crippen LogP) is 1.31. The Morgan fingerprint density at radius 1 is 1.18 bits per heavy atom. The number of hydrogen-bond donors (Lipinski definition) is 0. The van der Waals surface area contributed by atoms with Crippen LogP contribution in [0.5, 0.6) is 0 Å². The van der Waals surface area contributed by atoms with Crippen LogP contribution >= 0.6 is 0 Å². The first-order valence-electron chi connectivity index (χ1n) is 8.36. The number of aryl methyl sites for hydroxylation is 1. The molecular formula is C17H27N3O2. The van der Waals surface area contributed by atoms with Gasteiger partial charge in [0.25, 0.3) is 0 Å². The fraction of sp³-hybridized carbons (Fsp3) is 0.706. The monoisotopic (exact) mass is 305 g/mol. The molecule has 2 aliphatic heterocycles. The zero-order valence-corrected chi connectivity index (χ0v) is 13.5. The fourth-order valence-corrected chi connectivity index (χ4v) is 3.10. The van der Waals surface area contributed by atoms with Crippen LogP contribution < -0.4 is 0 Å². The summed E-state index contributed by atoms with van der Waals surface area (Å²) in [5.41, 5.74) is 2.50. The molecule has 122 valence electrons. The summed E-state index contributed by atoms with van der Waals surface area (Å²) in [5.74, 6) is 0. The van der Waals surface area contributed by atoms with Gasteiger partial charge in [-0.15, -0.1) is 0 Å². The van der Waals surface area contributed by atoms with Crippen molar-refractivity contribution >= 4 is 0 Å². The molecule has 1 aromatic heterocycles. The lowest BCUT2D eigenvalue weighted by Crippen LogP contribution is -2.47. The van der Waals surface area contributed by atoms with Crippen LogP contribution in [0.3, 0.4) is 0 Å². The Bertz CT molecular complexity index is 455. The minimum atomic E-state index is 0.294. The largest absolute Gasteiger partial charge is 0.376 e. The average Bonchev–Trinajstić information content (AvgIpc) is 2.57. The van der Waals surface area contributed by atoms with Crippen molar-refractivity contribution in [1.29, 1.82) is 0 Å². The third kappa shape index (κ3) is 4.49. The van der Waals surface area contributed by atoms with E-state index in [4.69, 9.17) is 9.47 Å². The highest BCUT2D eigenvalue weighted by molar-refractivity contribution is 5.17. The van der Waals surface area contributed by atoms with Crippen molar-refractivity contribution in [3.05, 3.63) is 29.6 Å². The van der Waals surface area contributed by atoms with Gasteiger partial charge in [-0.3, -0.25) is 9.88 Å².